The zero-order valence-electron chi connectivity index (χ0n) is 17.8. The molecule has 1 saturated heterocycles. The molecule has 0 spiro atoms. The van der Waals surface area contributed by atoms with Crippen LogP contribution in [0.4, 0.5) is 5.82 Å². The molecule has 2 fully saturated rings. The first-order valence-corrected chi connectivity index (χ1v) is 10.8. The number of nitrogens with one attached hydrogen (secondary N) is 1. The summed E-state index contributed by atoms with van der Waals surface area (Å²) in [6, 6.07) is 16.0. The van der Waals surface area contributed by atoms with Crippen LogP contribution in [0.15, 0.2) is 54.7 Å². The van der Waals surface area contributed by atoms with Gasteiger partial charge in [-0.05, 0) is 43.2 Å². The van der Waals surface area contributed by atoms with E-state index in [9.17, 15) is 9.90 Å². The average Bonchev–Trinajstić information content (AvgIpc) is 3.57. The van der Waals surface area contributed by atoms with E-state index in [-0.39, 0.29) is 12.0 Å². The number of anilines is 1. The summed E-state index contributed by atoms with van der Waals surface area (Å²) in [4.78, 5) is 20.7. The van der Waals surface area contributed by atoms with Gasteiger partial charge < -0.3 is 19.9 Å². The Morgan fingerprint density at radius 3 is 2.75 bits per heavy atom. The molecule has 32 heavy (non-hydrogen) atoms. The summed E-state index contributed by atoms with van der Waals surface area (Å²) in [7, 11) is 0. The Hall–Kier alpha value is -3.45. The van der Waals surface area contributed by atoms with Crippen LogP contribution in [0, 0.1) is 12.8 Å². The molecule has 0 bridgehead atoms. The molecule has 5 rings (SSSR count). The Morgan fingerprint density at radius 1 is 1.22 bits per heavy atom. The molecule has 1 saturated carbocycles. The first-order valence-electron chi connectivity index (χ1n) is 10.8. The van der Waals surface area contributed by atoms with Crippen molar-refractivity contribution in [2.75, 3.05) is 18.5 Å². The molecular formula is C25H25N3O4. The number of rotatable bonds is 8. The summed E-state index contributed by atoms with van der Waals surface area (Å²) in [5.41, 5.74) is 4.77. The Labute approximate surface area is 186 Å². The monoisotopic (exact) mass is 431 g/mol. The summed E-state index contributed by atoms with van der Waals surface area (Å²) in [6.45, 7) is 3.88. The van der Waals surface area contributed by atoms with E-state index in [1.165, 1.54) is 11.1 Å². The second kappa shape index (κ2) is 8.59. The first-order chi connectivity index (χ1) is 15.6. The molecule has 1 aromatic carbocycles. The number of hydrogen-bond donors (Lipinski definition) is 2. The maximum Gasteiger partial charge on any atom is 0.307 e. The number of pyridine rings is 2. The van der Waals surface area contributed by atoms with Crippen LogP contribution in [-0.4, -0.2) is 40.4 Å². The third kappa shape index (κ3) is 4.43. The normalized spacial score (nSPS) is 19.8. The standard InChI is InChI=1S/C25H25N3O4/c1-15-3-2-4-16(9-15)11-26-23-8-5-17(12-27-23)21-6-7-22(32-18-13-31-14-18)24(28-21)19-10-20(19)25(29)30/h2-9,12,18-20H,10-11,13-14H2,1H3,(H,26,27)(H,29,30)/t19-,20-/m0/s1. The molecule has 7 heteroatoms. The third-order valence-corrected chi connectivity index (χ3v) is 5.86. The molecule has 0 radical (unpaired) electrons. The quantitative estimate of drug-likeness (QED) is 0.556. The van der Waals surface area contributed by atoms with E-state index in [0.29, 0.717) is 37.6 Å². The lowest BCUT2D eigenvalue weighted by atomic mass is 10.1. The largest absolute Gasteiger partial charge is 0.484 e. The number of carboxylic acids is 1. The third-order valence-electron chi connectivity index (χ3n) is 5.86. The van der Waals surface area contributed by atoms with Crippen molar-refractivity contribution >= 4 is 11.8 Å². The molecule has 2 atom stereocenters. The lowest BCUT2D eigenvalue weighted by Crippen LogP contribution is -2.38. The molecule has 0 unspecified atom stereocenters. The van der Waals surface area contributed by atoms with E-state index in [1.807, 2.05) is 30.3 Å². The zero-order chi connectivity index (χ0) is 22.1. The Morgan fingerprint density at radius 2 is 2.09 bits per heavy atom. The minimum absolute atomic E-state index is 0.00357. The van der Waals surface area contributed by atoms with Crippen molar-refractivity contribution in [3.63, 3.8) is 0 Å². The van der Waals surface area contributed by atoms with E-state index in [4.69, 9.17) is 14.5 Å². The van der Waals surface area contributed by atoms with Crippen LogP contribution in [0.1, 0.15) is 29.2 Å². The predicted molar refractivity (Wildman–Crippen MR) is 120 cm³/mol. The second-order valence-electron chi connectivity index (χ2n) is 8.42. The molecule has 2 aliphatic rings. The minimum atomic E-state index is -0.786. The van der Waals surface area contributed by atoms with Gasteiger partial charge in [0.1, 0.15) is 17.7 Å². The zero-order valence-corrected chi connectivity index (χ0v) is 17.8. The summed E-state index contributed by atoms with van der Waals surface area (Å²) >= 11 is 0. The number of nitrogens with zero attached hydrogens (tertiary/aromatic N) is 2. The summed E-state index contributed by atoms with van der Waals surface area (Å²) in [6.07, 6.45) is 2.37. The maximum absolute atomic E-state index is 11.4. The van der Waals surface area contributed by atoms with Crippen LogP contribution in [0.2, 0.25) is 0 Å². The van der Waals surface area contributed by atoms with Crippen LogP contribution in [0.25, 0.3) is 11.3 Å². The van der Waals surface area contributed by atoms with E-state index in [0.717, 1.165) is 17.1 Å². The fourth-order valence-electron chi connectivity index (χ4n) is 3.88. The van der Waals surface area contributed by atoms with Gasteiger partial charge in [-0.1, -0.05) is 29.8 Å². The highest BCUT2D eigenvalue weighted by atomic mass is 16.6. The Bertz CT molecular complexity index is 1130. The number of aryl methyl sites for hydroxylation is 1. The van der Waals surface area contributed by atoms with E-state index >= 15 is 0 Å². The molecule has 0 amide bonds. The van der Waals surface area contributed by atoms with Crippen LogP contribution in [0.5, 0.6) is 5.75 Å². The molecular weight excluding hydrogens is 406 g/mol. The lowest BCUT2D eigenvalue weighted by molar-refractivity contribution is -0.138. The van der Waals surface area contributed by atoms with Crippen LogP contribution in [0.3, 0.4) is 0 Å². The van der Waals surface area contributed by atoms with Gasteiger partial charge in [-0.3, -0.25) is 4.79 Å². The van der Waals surface area contributed by atoms with Crippen molar-refractivity contribution in [2.24, 2.45) is 5.92 Å². The molecule has 3 aromatic rings. The SMILES string of the molecule is Cc1cccc(CNc2ccc(-c3ccc(OC4COC4)c([C@H]4C[C@@H]4C(=O)O)n3)cn2)c1. The second-order valence-corrected chi connectivity index (χ2v) is 8.42. The molecule has 1 aliphatic carbocycles. The summed E-state index contributed by atoms with van der Waals surface area (Å²) in [5.74, 6) is 0.135. The predicted octanol–water partition coefficient (Wildman–Crippen LogP) is 4.03. The number of aromatic nitrogens is 2. The van der Waals surface area contributed by atoms with Gasteiger partial charge in [0.2, 0.25) is 0 Å². The number of hydrogen-bond acceptors (Lipinski definition) is 6. The first kappa shape index (κ1) is 20.5. The van der Waals surface area contributed by atoms with Crippen molar-refractivity contribution in [1.82, 2.24) is 9.97 Å². The van der Waals surface area contributed by atoms with Gasteiger partial charge in [-0.15, -0.1) is 0 Å². The highest BCUT2D eigenvalue weighted by Crippen LogP contribution is 2.50. The van der Waals surface area contributed by atoms with Gasteiger partial charge >= 0.3 is 5.97 Å². The highest BCUT2D eigenvalue weighted by Gasteiger charge is 2.47. The van der Waals surface area contributed by atoms with Gasteiger partial charge in [0, 0.05) is 24.2 Å². The van der Waals surface area contributed by atoms with E-state index in [1.54, 1.807) is 6.20 Å². The minimum Gasteiger partial charge on any atom is -0.484 e. The van der Waals surface area contributed by atoms with Gasteiger partial charge in [0.05, 0.1) is 30.5 Å². The highest BCUT2D eigenvalue weighted by molar-refractivity contribution is 5.75. The van der Waals surface area contributed by atoms with Crippen molar-refractivity contribution in [3.05, 3.63) is 71.5 Å². The van der Waals surface area contributed by atoms with Gasteiger partial charge in [-0.2, -0.15) is 0 Å². The van der Waals surface area contributed by atoms with Crippen molar-refractivity contribution in [2.45, 2.75) is 31.9 Å². The smallest absolute Gasteiger partial charge is 0.307 e. The van der Waals surface area contributed by atoms with Crippen LogP contribution >= 0.6 is 0 Å². The average molecular weight is 431 g/mol. The molecule has 3 heterocycles. The van der Waals surface area contributed by atoms with Crippen molar-refractivity contribution < 1.29 is 19.4 Å². The summed E-state index contributed by atoms with van der Waals surface area (Å²) in [5, 5.41) is 12.7. The topological polar surface area (TPSA) is 93.6 Å². The lowest BCUT2D eigenvalue weighted by Gasteiger charge is -2.27. The summed E-state index contributed by atoms with van der Waals surface area (Å²) < 4.78 is 11.2. The Balaban J connectivity index is 1.32. The fourth-order valence-corrected chi connectivity index (χ4v) is 3.88. The molecule has 1 aliphatic heterocycles. The van der Waals surface area contributed by atoms with Crippen LogP contribution < -0.4 is 10.1 Å². The molecule has 7 nitrogen and oxygen atoms in total. The van der Waals surface area contributed by atoms with Gasteiger partial charge in [-0.25, -0.2) is 9.97 Å². The number of ether oxygens (including phenoxy) is 2. The number of carbonyl (C=O) groups is 1. The number of benzene rings is 1. The maximum atomic E-state index is 11.4. The van der Waals surface area contributed by atoms with Gasteiger partial charge in [0.25, 0.3) is 0 Å². The van der Waals surface area contributed by atoms with Crippen molar-refractivity contribution in [3.8, 4) is 17.0 Å². The number of carboxylic acid groups (broad SMARTS) is 1. The van der Waals surface area contributed by atoms with Gasteiger partial charge in [0.15, 0.2) is 0 Å². The van der Waals surface area contributed by atoms with Crippen LogP contribution in [-0.2, 0) is 16.1 Å². The molecule has 2 N–H and O–H groups in total. The van der Waals surface area contributed by atoms with E-state index < -0.39 is 11.9 Å². The molecule has 164 valence electrons. The fraction of sp³-hybridized carbons (Fsp3) is 0.320. The molecule has 2 aromatic heterocycles. The number of aliphatic carboxylic acids is 1. The van der Waals surface area contributed by atoms with E-state index in [2.05, 4.69) is 35.4 Å². The van der Waals surface area contributed by atoms with Crippen molar-refractivity contribution in [1.29, 1.82) is 0 Å². The Kier molecular flexibility index (Phi) is 5.49.